The molecule has 6 nitrogen and oxygen atoms in total. The lowest BCUT2D eigenvalue weighted by molar-refractivity contribution is 0.0992. The van der Waals surface area contributed by atoms with Crippen molar-refractivity contribution in [1.29, 1.82) is 0 Å². The number of halogens is 3. The second kappa shape index (κ2) is 9.72. The van der Waals surface area contributed by atoms with Gasteiger partial charge in [-0.1, -0.05) is 55.6 Å². The Hall–Kier alpha value is -2.55. The third-order valence-electron chi connectivity index (χ3n) is 4.30. The molecule has 0 spiro atoms. The predicted molar refractivity (Wildman–Crippen MR) is 126 cm³/mol. The van der Waals surface area contributed by atoms with E-state index in [1.54, 1.807) is 41.3 Å². The fourth-order valence-corrected chi connectivity index (χ4v) is 3.80. The SMILES string of the molecule is O=C(Nc1cnn(Cc2ccc(Br)cc2)c1)c1ccc(COc2ccc(Br)cc2Cl)o1. The second-order valence-corrected chi connectivity index (χ2v) is 8.88. The van der Waals surface area contributed by atoms with Gasteiger partial charge in [0, 0.05) is 15.1 Å². The van der Waals surface area contributed by atoms with Gasteiger partial charge in [-0.15, -0.1) is 0 Å². The van der Waals surface area contributed by atoms with Gasteiger partial charge in [-0.2, -0.15) is 5.10 Å². The van der Waals surface area contributed by atoms with Crippen molar-refractivity contribution in [2.75, 3.05) is 5.32 Å². The first kappa shape index (κ1) is 21.7. The Morgan fingerprint density at radius 3 is 2.65 bits per heavy atom. The first-order chi connectivity index (χ1) is 15.0. The molecule has 9 heteroatoms. The van der Waals surface area contributed by atoms with Gasteiger partial charge in [-0.25, -0.2) is 0 Å². The number of furan rings is 1. The predicted octanol–water partition coefficient (Wildman–Crippen LogP) is 6.53. The summed E-state index contributed by atoms with van der Waals surface area (Å²) in [5, 5.41) is 7.56. The van der Waals surface area contributed by atoms with Crippen LogP contribution in [0, 0.1) is 0 Å². The van der Waals surface area contributed by atoms with Gasteiger partial charge in [0.25, 0.3) is 5.91 Å². The van der Waals surface area contributed by atoms with Crippen molar-refractivity contribution in [3.05, 3.63) is 98.0 Å². The fourth-order valence-electron chi connectivity index (χ4n) is 2.80. The van der Waals surface area contributed by atoms with E-state index in [1.165, 1.54) is 0 Å². The molecule has 31 heavy (non-hydrogen) atoms. The number of ether oxygens (including phenoxy) is 1. The van der Waals surface area contributed by atoms with Crippen LogP contribution in [0.2, 0.25) is 5.02 Å². The number of nitrogens with one attached hydrogen (secondary N) is 1. The van der Waals surface area contributed by atoms with E-state index in [0.29, 0.717) is 28.8 Å². The summed E-state index contributed by atoms with van der Waals surface area (Å²) in [5.74, 6) is 0.859. The molecular weight excluding hydrogens is 550 g/mol. The van der Waals surface area contributed by atoms with Crippen LogP contribution in [0.15, 0.2) is 80.4 Å². The Kier molecular flexibility index (Phi) is 6.80. The highest BCUT2D eigenvalue weighted by Gasteiger charge is 2.13. The summed E-state index contributed by atoms with van der Waals surface area (Å²) in [5.41, 5.74) is 1.68. The van der Waals surface area contributed by atoms with Gasteiger partial charge in [0.1, 0.15) is 18.1 Å². The highest BCUT2D eigenvalue weighted by Crippen LogP contribution is 2.28. The molecule has 2 aromatic carbocycles. The van der Waals surface area contributed by atoms with E-state index in [0.717, 1.165) is 14.5 Å². The molecular formula is C22H16Br2ClN3O3. The van der Waals surface area contributed by atoms with E-state index in [2.05, 4.69) is 42.3 Å². The van der Waals surface area contributed by atoms with Crippen LogP contribution in [0.1, 0.15) is 21.9 Å². The topological polar surface area (TPSA) is 69.3 Å². The third-order valence-corrected chi connectivity index (χ3v) is 5.62. The molecule has 0 saturated carbocycles. The molecule has 0 atom stereocenters. The minimum atomic E-state index is -0.365. The van der Waals surface area contributed by atoms with E-state index in [9.17, 15) is 4.79 Å². The summed E-state index contributed by atoms with van der Waals surface area (Å²) in [6.07, 6.45) is 3.36. The molecule has 0 aliphatic rings. The molecule has 0 unspecified atom stereocenters. The lowest BCUT2D eigenvalue weighted by Gasteiger charge is -2.06. The summed E-state index contributed by atoms with van der Waals surface area (Å²) >= 11 is 12.9. The maximum atomic E-state index is 12.5. The highest BCUT2D eigenvalue weighted by molar-refractivity contribution is 9.10. The first-order valence-electron chi connectivity index (χ1n) is 9.21. The van der Waals surface area contributed by atoms with Gasteiger partial charge in [-0.05, 0) is 48.0 Å². The van der Waals surface area contributed by atoms with Crippen molar-refractivity contribution in [1.82, 2.24) is 9.78 Å². The normalized spacial score (nSPS) is 10.8. The smallest absolute Gasteiger partial charge is 0.291 e. The number of carbonyl (C=O) groups excluding carboxylic acids is 1. The zero-order valence-electron chi connectivity index (χ0n) is 16.0. The zero-order valence-corrected chi connectivity index (χ0v) is 19.9. The van der Waals surface area contributed by atoms with Crippen molar-refractivity contribution in [2.45, 2.75) is 13.2 Å². The first-order valence-corrected chi connectivity index (χ1v) is 11.2. The van der Waals surface area contributed by atoms with Crippen molar-refractivity contribution in [2.24, 2.45) is 0 Å². The molecule has 1 N–H and O–H groups in total. The van der Waals surface area contributed by atoms with Gasteiger partial charge in [-0.3, -0.25) is 9.48 Å². The lowest BCUT2D eigenvalue weighted by Crippen LogP contribution is -2.10. The van der Waals surface area contributed by atoms with Gasteiger partial charge >= 0.3 is 0 Å². The summed E-state index contributed by atoms with van der Waals surface area (Å²) in [7, 11) is 0. The van der Waals surface area contributed by atoms with Gasteiger partial charge in [0.05, 0.1) is 23.5 Å². The average molecular weight is 566 g/mol. The van der Waals surface area contributed by atoms with Crippen LogP contribution >= 0.6 is 43.5 Å². The molecule has 0 saturated heterocycles. The molecule has 0 bridgehead atoms. The van der Waals surface area contributed by atoms with Crippen LogP contribution in [0.25, 0.3) is 0 Å². The van der Waals surface area contributed by atoms with Crippen molar-refractivity contribution in [3.8, 4) is 5.75 Å². The molecule has 158 valence electrons. The molecule has 0 aliphatic carbocycles. The number of hydrogen-bond donors (Lipinski definition) is 1. The number of anilines is 1. The molecule has 2 heterocycles. The van der Waals surface area contributed by atoms with Crippen LogP contribution in [0.5, 0.6) is 5.75 Å². The highest BCUT2D eigenvalue weighted by atomic mass is 79.9. The van der Waals surface area contributed by atoms with E-state index in [1.807, 2.05) is 30.3 Å². The number of amides is 1. The molecule has 4 rings (SSSR count). The van der Waals surface area contributed by atoms with E-state index >= 15 is 0 Å². The average Bonchev–Trinajstić information content (AvgIpc) is 3.39. The van der Waals surface area contributed by atoms with Crippen LogP contribution in [-0.4, -0.2) is 15.7 Å². The van der Waals surface area contributed by atoms with Gasteiger partial charge in [0.15, 0.2) is 5.76 Å². The number of rotatable bonds is 7. The van der Waals surface area contributed by atoms with Crippen molar-refractivity contribution in [3.63, 3.8) is 0 Å². The summed E-state index contributed by atoms with van der Waals surface area (Å²) in [6, 6.07) is 16.6. The number of nitrogens with zero attached hydrogens (tertiary/aromatic N) is 2. The Morgan fingerprint density at radius 1 is 1.10 bits per heavy atom. The van der Waals surface area contributed by atoms with Crippen LogP contribution in [0.3, 0.4) is 0 Å². The maximum absolute atomic E-state index is 12.5. The maximum Gasteiger partial charge on any atom is 0.291 e. The van der Waals surface area contributed by atoms with Crippen molar-refractivity contribution >= 4 is 55.1 Å². The number of carbonyl (C=O) groups is 1. The monoisotopic (exact) mass is 563 g/mol. The molecule has 0 aliphatic heterocycles. The van der Waals surface area contributed by atoms with Gasteiger partial charge in [0.2, 0.25) is 0 Å². The Morgan fingerprint density at radius 2 is 1.87 bits per heavy atom. The standard InChI is InChI=1S/C22H16Br2ClN3O3/c23-15-3-1-14(2-4-15)11-28-12-17(10-26-28)27-22(29)21-8-6-18(31-21)13-30-20-7-5-16(24)9-19(20)25/h1-10,12H,11,13H2,(H,27,29). The fraction of sp³-hybridized carbons (Fsp3) is 0.0909. The largest absolute Gasteiger partial charge is 0.484 e. The lowest BCUT2D eigenvalue weighted by atomic mass is 10.2. The quantitative estimate of drug-likeness (QED) is 0.277. The van der Waals surface area contributed by atoms with E-state index in [-0.39, 0.29) is 18.3 Å². The van der Waals surface area contributed by atoms with Crippen LogP contribution in [0.4, 0.5) is 5.69 Å². The van der Waals surface area contributed by atoms with E-state index in [4.69, 9.17) is 20.8 Å². The van der Waals surface area contributed by atoms with Crippen LogP contribution in [-0.2, 0) is 13.2 Å². The Labute approximate surface area is 200 Å². The number of benzene rings is 2. The minimum Gasteiger partial charge on any atom is -0.484 e. The Balaban J connectivity index is 1.33. The number of hydrogen-bond acceptors (Lipinski definition) is 4. The summed E-state index contributed by atoms with van der Waals surface area (Å²) in [6.45, 7) is 0.754. The second-order valence-electron chi connectivity index (χ2n) is 6.64. The van der Waals surface area contributed by atoms with Crippen LogP contribution < -0.4 is 10.1 Å². The molecule has 2 aromatic heterocycles. The molecule has 0 fully saturated rings. The zero-order chi connectivity index (χ0) is 21.8. The Bertz CT molecular complexity index is 1200. The van der Waals surface area contributed by atoms with Crippen molar-refractivity contribution < 1.29 is 13.9 Å². The molecule has 0 radical (unpaired) electrons. The number of aromatic nitrogens is 2. The molecule has 1 amide bonds. The summed E-state index contributed by atoms with van der Waals surface area (Å²) in [4.78, 5) is 12.5. The minimum absolute atomic E-state index is 0.153. The van der Waals surface area contributed by atoms with Gasteiger partial charge < -0.3 is 14.5 Å². The third kappa shape index (κ3) is 5.78. The molecule has 4 aromatic rings. The summed E-state index contributed by atoms with van der Waals surface area (Å²) < 4.78 is 14.9. The van der Waals surface area contributed by atoms with E-state index < -0.39 is 0 Å².